The van der Waals surface area contributed by atoms with E-state index in [2.05, 4.69) is 22.0 Å². The van der Waals surface area contributed by atoms with Crippen LogP contribution >= 0.6 is 0 Å². The molecule has 0 aliphatic heterocycles. The maximum atomic E-state index is 12.9. The number of benzene rings is 2. The molecule has 0 fully saturated rings. The van der Waals surface area contributed by atoms with Crippen LogP contribution in [0.4, 0.5) is 4.39 Å². The van der Waals surface area contributed by atoms with Crippen LogP contribution in [0.25, 0.3) is 23.5 Å². The fourth-order valence-electron chi connectivity index (χ4n) is 2.31. The quantitative estimate of drug-likeness (QED) is 0.604. The van der Waals surface area contributed by atoms with E-state index in [4.69, 9.17) is 9.26 Å². The molecule has 7 heteroatoms. The summed E-state index contributed by atoms with van der Waals surface area (Å²) >= 11 is 0. The highest BCUT2D eigenvalue weighted by molar-refractivity contribution is 5.78. The van der Waals surface area contributed by atoms with Gasteiger partial charge in [-0.2, -0.15) is 4.98 Å². The molecule has 1 amide bonds. The summed E-state index contributed by atoms with van der Waals surface area (Å²) < 4.78 is 23.8. The van der Waals surface area contributed by atoms with E-state index in [9.17, 15) is 9.18 Å². The number of carbonyl (C=O) groups excluding carboxylic acids is 1. The highest BCUT2D eigenvalue weighted by atomic mass is 19.1. The Bertz CT molecular complexity index is 981. The Balaban J connectivity index is 1.71. The Morgan fingerprint density at radius 1 is 1.18 bits per heavy atom. The van der Waals surface area contributed by atoms with E-state index in [1.54, 1.807) is 48.6 Å². The average Bonchev–Trinajstić information content (AvgIpc) is 3.19. The van der Waals surface area contributed by atoms with E-state index in [0.29, 0.717) is 23.7 Å². The summed E-state index contributed by atoms with van der Waals surface area (Å²) in [4.78, 5) is 16.0. The van der Waals surface area contributed by atoms with Crippen LogP contribution in [0.15, 0.2) is 65.7 Å². The number of ether oxygens (including phenoxy) is 1. The molecular weight excluding hydrogens is 361 g/mol. The number of para-hydroxylation sites is 1. The molecule has 1 heterocycles. The fourth-order valence-corrected chi connectivity index (χ4v) is 2.31. The number of amides is 1. The van der Waals surface area contributed by atoms with Gasteiger partial charge in [-0.25, -0.2) is 4.39 Å². The van der Waals surface area contributed by atoms with Gasteiger partial charge in [0.15, 0.2) is 6.61 Å². The molecule has 0 saturated carbocycles. The van der Waals surface area contributed by atoms with Crippen molar-refractivity contribution in [2.24, 2.45) is 0 Å². The summed E-state index contributed by atoms with van der Waals surface area (Å²) in [7, 11) is 0. The first-order valence-corrected chi connectivity index (χ1v) is 8.53. The molecule has 142 valence electrons. The molecule has 28 heavy (non-hydrogen) atoms. The first-order valence-electron chi connectivity index (χ1n) is 8.53. The van der Waals surface area contributed by atoms with Crippen molar-refractivity contribution in [2.45, 2.75) is 0 Å². The van der Waals surface area contributed by atoms with Crippen molar-refractivity contribution in [3.05, 3.63) is 78.5 Å². The molecule has 0 aliphatic rings. The Morgan fingerprint density at radius 3 is 2.75 bits per heavy atom. The van der Waals surface area contributed by atoms with E-state index in [0.717, 1.165) is 5.56 Å². The molecule has 0 atom stereocenters. The summed E-state index contributed by atoms with van der Waals surface area (Å²) in [5, 5.41) is 6.60. The van der Waals surface area contributed by atoms with Gasteiger partial charge in [0.2, 0.25) is 5.82 Å². The number of carbonyl (C=O) groups is 1. The Kier molecular flexibility index (Phi) is 6.30. The highest BCUT2D eigenvalue weighted by Crippen LogP contribution is 2.27. The molecule has 0 spiro atoms. The minimum Gasteiger partial charge on any atom is -0.483 e. The summed E-state index contributed by atoms with van der Waals surface area (Å²) in [6.07, 6.45) is 4.96. The van der Waals surface area contributed by atoms with E-state index in [1.165, 1.54) is 12.1 Å². The molecule has 6 nitrogen and oxygen atoms in total. The second-order valence-electron chi connectivity index (χ2n) is 5.72. The van der Waals surface area contributed by atoms with E-state index in [1.807, 2.05) is 6.07 Å². The Hall–Kier alpha value is -3.74. The zero-order valence-corrected chi connectivity index (χ0v) is 15.0. The van der Waals surface area contributed by atoms with Crippen LogP contribution < -0.4 is 10.1 Å². The SMILES string of the molecule is C=CCNC(=O)COc1ccccc1-c1noc(/C=C/c2ccc(F)cc2)n1. The maximum Gasteiger partial charge on any atom is 0.258 e. The number of halogens is 1. The third-order valence-corrected chi connectivity index (χ3v) is 3.66. The topological polar surface area (TPSA) is 77.2 Å². The van der Waals surface area contributed by atoms with Gasteiger partial charge in [-0.1, -0.05) is 35.5 Å². The van der Waals surface area contributed by atoms with E-state index in [-0.39, 0.29) is 24.2 Å². The first-order chi connectivity index (χ1) is 13.7. The normalized spacial score (nSPS) is 10.8. The summed E-state index contributed by atoms with van der Waals surface area (Å²) in [6, 6.07) is 13.1. The fraction of sp³-hybridized carbons (Fsp3) is 0.0952. The monoisotopic (exact) mass is 379 g/mol. The lowest BCUT2D eigenvalue weighted by Gasteiger charge is -2.08. The van der Waals surface area contributed by atoms with Gasteiger partial charge in [-0.15, -0.1) is 6.58 Å². The van der Waals surface area contributed by atoms with Crippen LogP contribution in [0.5, 0.6) is 5.75 Å². The second kappa shape index (κ2) is 9.27. The van der Waals surface area contributed by atoms with Gasteiger partial charge < -0.3 is 14.6 Å². The Morgan fingerprint density at radius 2 is 1.96 bits per heavy atom. The molecule has 2 aromatic carbocycles. The van der Waals surface area contributed by atoms with E-state index >= 15 is 0 Å². The van der Waals surface area contributed by atoms with Crippen LogP contribution in [-0.4, -0.2) is 29.2 Å². The van der Waals surface area contributed by atoms with Gasteiger partial charge in [-0.3, -0.25) is 4.79 Å². The summed E-state index contributed by atoms with van der Waals surface area (Å²) in [6.45, 7) is 3.78. The molecule has 0 aliphatic carbocycles. The van der Waals surface area contributed by atoms with Crippen molar-refractivity contribution in [2.75, 3.05) is 13.2 Å². The van der Waals surface area contributed by atoms with Crippen molar-refractivity contribution in [1.29, 1.82) is 0 Å². The largest absolute Gasteiger partial charge is 0.483 e. The van der Waals surface area contributed by atoms with Crippen molar-refractivity contribution in [1.82, 2.24) is 15.5 Å². The number of rotatable bonds is 8. The smallest absolute Gasteiger partial charge is 0.258 e. The highest BCUT2D eigenvalue weighted by Gasteiger charge is 2.13. The minimum atomic E-state index is -0.299. The number of nitrogens with zero attached hydrogens (tertiary/aromatic N) is 2. The lowest BCUT2D eigenvalue weighted by Crippen LogP contribution is -2.28. The zero-order valence-electron chi connectivity index (χ0n) is 15.0. The summed E-state index contributed by atoms with van der Waals surface area (Å²) in [5.74, 6) is 0.530. The molecule has 3 rings (SSSR count). The molecule has 0 unspecified atom stereocenters. The van der Waals surface area contributed by atoms with Gasteiger partial charge >= 0.3 is 0 Å². The third kappa shape index (κ3) is 5.14. The lowest BCUT2D eigenvalue weighted by atomic mass is 10.2. The third-order valence-electron chi connectivity index (χ3n) is 3.66. The summed E-state index contributed by atoms with van der Waals surface area (Å²) in [5.41, 5.74) is 1.40. The molecule has 3 aromatic rings. The van der Waals surface area contributed by atoms with Gasteiger partial charge in [0.25, 0.3) is 11.8 Å². The van der Waals surface area contributed by atoms with Gasteiger partial charge in [0.1, 0.15) is 11.6 Å². The number of nitrogens with one attached hydrogen (secondary N) is 1. The molecule has 0 radical (unpaired) electrons. The number of hydrogen-bond donors (Lipinski definition) is 1. The minimum absolute atomic E-state index is 0.139. The van der Waals surface area contributed by atoms with Crippen LogP contribution in [0.3, 0.4) is 0 Å². The van der Waals surface area contributed by atoms with Crippen LogP contribution in [0.2, 0.25) is 0 Å². The van der Waals surface area contributed by atoms with Gasteiger partial charge in [0.05, 0.1) is 5.56 Å². The maximum absolute atomic E-state index is 12.9. The zero-order chi connectivity index (χ0) is 19.8. The van der Waals surface area contributed by atoms with Crippen LogP contribution in [0.1, 0.15) is 11.5 Å². The second-order valence-corrected chi connectivity index (χ2v) is 5.72. The average molecular weight is 379 g/mol. The van der Waals surface area contributed by atoms with Gasteiger partial charge in [-0.05, 0) is 35.9 Å². The predicted molar refractivity (Wildman–Crippen MR) is 104 cm³/mol. The van der Waals surface area contributed by atoms with Crippen LogP contribution in [0, 0.1) is 5.82 Å². The van der Waals surface area contributed by atoms with Gasteiger partial charge in [0, 0.05) is 12.6 Å². The van der Waals surface area contributed by atoms with E-state index < -0.39 is 0 Å². The lowest BCUT2D eigenvalue weighted by molar-refractivity contribution is -0.122. The number of aromatic nitrogens is 2. The van der Waals surface area contributed by atoms with Crippen molar-refractivity contribution >= 4 is 18.1 Å². The van der Waals surface area contributed by atoms with Crippen molar-refractivity contribution in [3.8, 4) is 17.1 Å². The standard InChI is InChI=1S/C21H18FN3O3/c1-2-13-23-19(26)14-27-18-6-4-3-5-17(18)21-24-20(28-25-21)12-9-15-7-10-16(22)11-8-15/h2-12H,1,13-14H2,(H,23,26)/b12-9+. The van der Waals surface area contributed by atoms with Crippen molar-refractivity contribution < 1.29 is 18.4 Å². The number of hydrogen-bond acceptors (Lipinski definition) is 5. The molecular formula is C21H18FN3O3. The van der Waals surface area contributed by atoms with Crippen molar-refractivity contribution in [3.63, 3.8) is 0 Å². The van der Waals surface area contributed by atoms with Crippen LogP contribution in [-0.2, 0) is 4.79 Å². The first kappa shape index (κ1) is 19.0. The molecule has 0 bridgehead atoms. The Labute approximate surface area is 161 Å². The molecule has 1 aromatic heterocycles. The molecule has 1 N–H and O–H groups in total. The predicted octanol–water partition coefficient (Wildman–Crippen LogP) is 3.73. The molecule has 0 saturated heterocycles.